The summed E-state index contributed by atoms with van der Waals surface area (Å²) in [6, 6.07) is 4.72. The van der Waals surface area contributed by atoms with E-state index >= 15 is 0 Å². The summed E-state index contributed by atoms with van der Waals surface area (Å²) in [5, 5.41) is 8.43. The van der Waals surface area contributed by atoms with Gasteiger partial charge in [0.15, 0.2) is 12.0 Å². The molecule has 54 valence electrons. The molecule has 4 heteroatoms. The van der Waals surface area contributed by atoms with Gasteiger partial charge in [-0.3, -0.25) is 4.79 Å². The maximum absolute atomic E-state index is 10.2. The Hall–Kier alpha value is -1.89. The molecule has 0 fully saturated rings. The van der Waals surface area contributed by atoms with E-state index in [-0.39, 0.29) is 17.1 Å². The van der Waals surface area contributed by atoms with Gasteiger partial charge in [0.2, 0.25) is 0 Å². The van der Waals surface area contributed by atoms with Gasteiger partial charge in [0, 0.05) is 0 Å². The first-order chi connectivity index (χ1) is 5.27. The van der Waals surface area contributed by atoms with Crippen molar-refractivity contribution in [1.29, 1.82) is 5.26 Å². The highest BCUT2D eigenvalue weighted by atomic mass is 16.1. The Morgan fingerprint density at radius 2 is 2.36 bits per heavy atom. The predicted molar refractivity (Wildman–Crippen MR) is 38.8 cm³/mol. The number of nitrogen functional groups attached to an aromatic ring is 1. The van der Waals surface area contributed by atoms with Gasteiger partial charge in [-0.25, -0.2) is 4.98 Å². The molecule has 0 saturated heterocycles. The minimum Gasteiger partial charge on any atom is -0.396 e. The van der Waals surface area contributed by atoms with Crippen LogP contribution in [-0.4, -0.2) is 11.3 Å². The SMILES string of the molecule is N#Cc1nc(C=O)ccc1N. The van der Waals surface area contributed by atoms with E-state index in [2.05, 4.69) is 4.98 Å². The van der Waals surface area contributed by atoms with Gasteiger partial charge in [-0.05, 0) is 12.1 Å². The number of hydrogen-bond acceptors (Lipinski definition) is 4. The van der Waals surface area contributed by atoms with E-state index in [4.69, 9.17) is 11.0 Å². The lowest BCUT2D eigenvalue weighted by Crippen LogP contribution is -1.96. The van der Waals surface area contributed by atoms with E-state index in [1.54, 1.807) is 6.07 Å². The smallest absolute Gasteiger partial charge is 0.168 e. The number of carbonyl (C=O) groups is 1. The monoisotopic (exact) mass is 147 g/mol. The van der Waals surface area contributed by atoms with Crippen molar-refractivity contribution in [2.45, 2.75) is 0 Å². The Labute approximate surface area is 63.3 Å². The van der Waals surface area contributed by atoms with Crippen LogP contribution in [0.15, 0.2) is 12.1 Å². The third kappa shape index (κ3) is 1.33. The zero-order valence-electron chi connectivity index (χ0n) is 5.61. The lowest BCUT2D eigenvalue weighted by molar-refractivity contribution is 0.111. The van der Waals surface area contributed by atoms with Crippen molar-refractivity contribution in [2.24, 2.45) is 0 Å². The van der Waals surface area contributed by atoms with Gasteiger partial charge in [0.1, 0.15) is 11.8 Å². The van der Waals surface area contributed by atoms with E-state index in [1.165, 1.54) is 12.1 Å². The summed E-state index contributed by atoms with van der Waals surface area (Å²) < 4.78 is 0. The molecule has 0 aromatic carbocycles. The van der Waals surface area contributed by atoms with Crippen molar-refractivity contribution in [3.05, 3.63) is 23.5 Å². The van der Waals surface area contributed by atoms with Gasteiger partial charge in [0.05, 0.1) is 5.69 Å². The number of hydrogen-bond donors (Lipinski definition) is 1. The molecular formula is C7H5N3O. The topological polar surface area (TPSA) is 79.8 Å². The van der Waals surface area contributed by atoms with Gasteiger partial charge in [-0.15, -0.1) is 0 Å². The Bertz CT molecular complexity index is 327. The molecule has 1 aromatic rings. The number of rotatable bonds is 1. The van der Waals surface area contributed by atoms with Crippen LogP contribution in [0, 0.1) is 11.3 Å². The highest BCUT2D eigenvalue weighted by molar-refractivity contribution is 5.73. The minimum absolute atomic E-state index is 0.0922. The van der Waals surface area contributed by atoms with Crippen LogP contribution >= 0.6 is 0 Å². The molecule has 2 N–H and O–H groups in total. The van der Waals surface area contributed by atoms with E-state index in [0.717, 1.165) is 0 Å². The first-order valence-corrected chi connectivity index (χ1v) is 2.89. The number of nitrogens with zero attached hydrogens (tertiary/aromatic N) is 2. The fraction of sp³-hybridized carbons (Fsp3) is 0. The van der Waals surface area contributed by atoms with E-state index in [9.17, 15) is 4.79 Å². The second-order valence-electron chi connectivity index (χ2n) is 1.90. The molecule has 0 aliphatic carbocycles. The molecule has 0 saturated carbocycles. The fourth-order valence-electron chi connectivity index (χ4n) is 0.640. The van der Waals surface area contributed by atoms with Crippen LogP contribution in [0.25, 0.3) is 0 Å². The molecule has 0 unspecified atom stereocenters. The summed E-state index contributed by atoms with van der Waals surface area (Å²) in [5.41, 5.74) is 5.95. The number of pyridine rings is 1. The lowest BCUT2D eigenvalue weighted by Gasteiger charge is -1.94. The molecule has 0 radical (unpaired) electrons. The number of anilines is 1. The number of carbonyl (C=O) groups excluding carboxylic acids is 1. The molecule has 0 amide bonds. The number of nitriles is 1. The standard InChI is InChI=1S/C7H5N3O/c8-3-7-6(9)2-1-5(4-11)10-7/h1-2,4H,9H2. The quantitative estimate of drug-likeness (QED) is 0.581. The third-order valence-corrected chi connectivity index (χ3v) is 1.17. The highest BCUT2D eigenvalue weighted by Crippen LogP contribution is 2.06. The second kappa shape index (κ2) is 2.80. The van der Waals surface area contributed by atoms with Crippen LogP contribution in [-0.2, 0) is 0 Å². The molecule has 0 aliphatic heterocycles. The van der Waals surface area contributed by atoms with Crippen molar-refractivity contribution < 1.29 is 4.79 Å². The van der Waals surface area contributed by atoms with Gasteiger partial charge >= 0.3 is 0 Å². The summed E-state index contributed by atoms with van der Waals surface area (Å²) in [4.78, 5) is 13.8. The molecule has 0 atom stereocenters. The minimum atomic E-state index is 0.0922. The van der Waals surface area contributed by atoms with E-state index in [1.807, 2.05) is 0 Å². The predicted octanol–water partition coefficient (Wildman–Crippen LogP) is 0.348. The van der Waals surface area contributed by atoms with Crippen LogP contribution in [0.1, 0.15) is 16.2 Å². The fourth-order valence-corrected chi connectivity index (χ4v) is 0.640. The molecule has 11 heavy (non-hydrogen) atoms. The van der Waals surface area contributed by atoms with E-state index < -0.39 is 0 Å². The van der Waals surface area contributed by atoms with E-state index in [0.29, 0.717) is 6.29 Å². The van der Waals surface area contributed by atoms with Gasteiger partial charge < -0.3 is 5.73 Å². The molecule has 1 heterocycles. The van der Waals surface area contributed by atoms with Gasteiger partial charge in [-0.1, -0.05) is 0 Å². The summed E-state index contributed by atoms with van der Waals surface area (Å²) in [6.45, 7) is 0. The average Bonchev–Trinajstić information content (AvgIpc) is 2.05. The second-order valence-corrected chi connectivity index (χ2v) is 1.90. The largest absolute Gasteiger partial charge is 0.396 e. The van der Waals surface area contributed by atoms with Crippen molar-refractivity contribution >= 4 is 12.0 Å². The Morgan fingerprint density at radius 3 is 2.91 bits per heavy atom. The van der Waals surface area contributed by atoms with Crippen molar-refractivity contribution in [3.63, 3.8) is 0 Å². The molecule has 0 spiro atoms. The maximum atomic E-state index is 10.2. The molecular weight excluding hydrogens is 142 g/mol. The van der Waals surface area contributed by atoms with Crippen molar-refractivity contribution in [1.82, 2.24) is 4.98 Å². The van der Waals surface area contributed by atoms with Gasteiger partial charge in [0.25, 0.3) is 0 Å². The summed E-state index contributed by atoms with van der Waals surface area (Å²) in [7, 11) is 0. The van der Waals surface area contributed by atoms with Crippen LogP contribution in [0.4, 0.5) is 5.69 Å². The van der Waals surface area contributed by atoms with Crippen LogP contribution in [0.3, 0.4) is 0 Å². The normalized spacial score (nSPS) is 8.64. The molecule has 4 nitrogen and oxygen atoms in total. The first-order valence-electron chi connectivity index (χ1n) is 2.89. The Kier molecular flexibility index (Phi) is 1.83. The number of nitrogens with two attached hydrogens (primary N) is 1. The zero-order valence-corrected chi connectivity index (χ0v) is 5.61. The first kappa shape index (κ1) is 7.22. The van der Waals surface area contributed by atoms with Gasteiger partial charge in [-0.2, -0.15) is 5.26 Å². The summed E-state index contributed by atoms with van der Waals surface area (Å²) in [6.07, 6.45) is 0.570. The lowest BCUT2D eigenvalue weighted by atomic mass is 10.3. The highest BCUT2D eigenvalue weighted by Gasteiger charge is 1.99. The zero-order chi connectivity index (χ0) is 8.27. The molecule has 0 aliphatic rings. The van der Waals surface area contributed by atoms with Crippen LogP contribution in [0.5, 0.6) is 0 Å². The van der Waals surface area contributed by atoms with Crippen molar-refractivity contribution in [2.75, 3.05) is 5.73 Å². The number of aromatic nitrogens is 1. The Balaban J connectivity index is 3.25. The Morgan fingerprint density at radius 1 is 1.64 bits per heavy atom. The third-order valence-electron chi connectivity index (χ3n) is 1.17. The average molecular weight is 147 g/mol. The maximum Gasteiger partial charge on any atom is 0.168 e. The summed E-state index contributed by atoms with van der Waals surface area (Å²) >= 11 is 0. The number of aldehydes is 1. The van der Waals surface area contributed by atoms with Crippen LogP contribution in [0.2, 0.25) is 0 Å². The van der Waals surface area contributed by atoms with Crippen molar-refractivity contribution in [3.8, 4) is 6.07 Å². The van der Waals surface area contributed by atoms with Crippen LogP contribution < -0.4 is 5.73 Å². The molecule has 0 bridgehead atoms. The summed E-state index contributed by atoms with van der Waals surface area (Å²) in [5.74, 6) is 0. The molecule has 1 aromatic heterocycles. The molecule has 1 rings (SSSR count).